The van der Waals surface area contributed by atoms with Gasteiger partial charge in [-0.2, -0.15) is 0 Å². The predicted octanol–water partition coefficient (Wildman–Crippen LogP) is 5.12. The van der Waals surface area contributed by atoms with Crippen LogP contribution in [0.1, 0.15) is 48.0 Å². The molecule has 0 spiro atoms. The van der Waals surface area contributed by atoms with Crippen LogP contribution in [0.2, 0.25) is 0 Å². The first-order valence-electron chi connectivity index (χ1n) is 14.6. The Morgan fingerprint density at radius 1 is 1.05 bits per heavy atom. The Morgan fingerprint density at radius 3 is 2.52 bits per heavy atom. The molecule has 3 N–H and O–H groups in total. The molecular weight excluding hydrogens is 532 g/mol. The molecule has 42 heavy (non-hydrogen) atoms. The van der Waals surface area contributed by atoms with Gasteiger partial charge in [0.1, 0.15) is 6.61 Å². The van der Waals surface area contributed by atoms with Gasteiger partial charge in [0.25, 0.3) is 0 Å². The number of β-amino-alcohol motifs (C(OH)–C–C–N with tert-alkyl or cyclic N) is 1. The lowest BCUT2D eigenvalue weighted by Crippen LogP contribution is -2.44. The van der Waals surface area contributed by atoms with E-state index in [4.69, 9.17) is 14.2 Å². The van der Waals surface area contributed by atoms with Crippen LogP contribution in [0.15, 0.2) is 85.5 Å². The number of alkyl carbamates (subject to hydrolysis) is 1. The highest BCUT2D eigenvalue weighted by atomic mass is 16.7. The third-order valence-electron chi connectivity index (χ3n) is 8.00. The van der Waals surface area contributed by atoms with E-state index < -0.39 is 12.4 Å². The average Bonchev–Trinajstić information content (AvgIpc) is 3.44. The molecule has 3 aromatic rings. The molecule has 5 atom stereocenters. The number of hydrogen-bond acceptors (Lipinski definition) is 7. The van der Waals surface area contributed by atoms with Crippen LogP contribution >= 0.6 is 0 Å². The standard InChI is InChI=1S/C34H40N2O6/c1-3-16-40-34(39)35-19-25-6-4-7-27(17-25)28-8-5-9-29(18-28)33-41-31(21-36-15-14-30(38)20-36)23(2)32(42-33)26-12-10-24(22-37)11-13-26/h3-13,17-18,23,30-33,37-38H,1,14-16,19-22H2,2H3,(H,35,39)/t23-,30+,31+,32+,33+/m1/s1. The molecule has 0 aromatic heterocycles. The maximum absolute atomic E-state index is 11.8. The fourth-order valence-corrected chi connectivity index (χ4v) is 5.65. The van der Waals surface area contributed by atoms with E-state index >= 15 is 0 Å². The largest absolute Gasteiger partial charge is 0.445 e. The number of carbonyl (C=O) groups excluding carboxylic acids is 1. The summed E-state index contributed by atoms with van der Waals surface area (Å²) in [7, 11) is 0. The van der Waals surface area contributed by atoms with Crippen molar-refractivity contribution >= 4 is 6.09 Å². The topological polar surface area (TPSA) is 100 Å². The van der Waals surface area contributed by atoms with Gasteiger partial charge in [-0.25, -0.2) is 4.79 Å². The highest BCUT2D eigenvalue weighted by Crippen LogP contribution is 2.42. The Kier molecular flexibility index (Phi) is 10.0. The lowest BCUT2D eigenvalue weighted by molar-refractivity contribution is -0.276. The molecule has 2 heterocycles. The molecule has 0 saturated carbocycles. The van der Waals surface area contributed by atoms with Gasteiger partial charge in [0.15, 0.2) is 6.29 Å². The number of likely N-dealkylation sites (tertiary alicyclic amines) is 1. The SMILES string of the molecule is C=CCOC(=O)NCc1cccc(-c2cccc([C@H]3O[C@@H](CN4CC[C@H](O)C4)[C@@H](C)[C@@H](c4ccc(CO)cc4)O3)c2)c1. The Morgan fingerprint density at radius 2 is 1.81 bits per heavy atom. The normalized spacial score (nSPS) is 24.3. The van der Waals surface area contributed by atoms with Crippen LogP contribution in [-0.4, -0.2) is 59.7 Å². The summed E-state index contributed by atoms with van der Waals surface area (Å²) in [5, 5.41) is 22.4. The van der Waals surface area contributed by atoms with Crippen molar-refractivity contribution in [2.24, 2.45) is 5.92 Å². The predicted molar refractivity (Wildman–Crippen MR) is 160 cm³/mol. The molecule has 0 radical (unpaired) electrons. The Bertz CT molecular complexity index is 1350. The minimum absolute atomic E-state index is 0.00352. The third-order valence-corrected chi connectivity index (χ3v) is 8.00. The van der Waals surface area contributed by atoms with Gasteiger partial charge in [0.05, 0.1) is 24.9 Å². The van der Waals surface area contributed by atoms with Crippen molar-refractivity contribution in [3.63, 3.8) is 0 Å². The lowest BCUT2D eigenvalue weighted by atomic mass is 9.90. The maximum atomic E-state index is 11.8. The average molecular weight is 573 g/mol. The number of nitrogens with zero attached hydrogens (tertiary/aromatic N) is 1. The molecule has 5 rings (SSSR count). The van der Waals surface area contributed by atoms with Crippen molar-refractivity contribution in [2.45, 2.75) is 51.1 Å². The van der Waals surface area contributed by atoms with E-state index in [1.54, 1.807) is 0 Å². The van der Waals surface area contributed by atoms with Gasteiger partial charge >= 0.3 is 6.09 Å². The molecule has 1 amide bonds. The van der Waals surface area contributed by atoms with Crippen molar-refractivity contribution in [2.75, 3.05) is 26.2 Å². The zero-order valence-electron chi connectivity index (χ0n) is 24.0. The first kappa shape index (κ1) is 29.9. The van der Waals surface area contributed by atoms with Gasteiger partial charge in [-0.3, -0.25) is 4.90 Å². The zero-order chi connectivity index (χ0) is 29.5. The minimum atomic E-state index is -0.578. The summed E-state index contributed by atoms with van der Waals surface area (Å²) in [5.74, 6) is 0.0736. The lowest BCUT2D eigenvalue weighted by Gasteiger charge is -2.42. The summed E-state index contributed by atoms with van der Waals surface area (Å²) in [6, 6.07) is 24.1. The quantitative estimate of drug-likeness (QED) is 0.290. The molecule has 3 aromatic carbocycles. The molecule has 0 unspecified atom stereocenters. The number of nitrogens with one attached hydrogen (secondary N) is 1. The van der Waals surface area contributed by atoms with E-state index in [9.17, 15) is 15.0 Å². The van der Waals surface area contributed by atoms with Crippen LogP contribution < -0.4 is 5.32 Å². The van der Waals surface area contributed by atoms with Crippen LogP contribution in [-0.2, 0) is 27.4 Å². The third kappa shape index (κ3) is 7.45. The summed E-state index contributed by atoms with van der Waals surface area (Å²) in [6.07, 6.45) is 0.649. The summed E-state index contributed by atoms with van der Waals surface area (Å²) in [5.41, 5.74) is 5.79. The molecule has 0 bridgehead atoms. The van der Waals surface area contributed by atoms with Crippen LogP contribution in [0, 0.1) is 5.92 Å². The second-order valence-corrected chi connectivity index (χ2v) is 11.1. The summed E-state index contributed by atoms with van der Waals surface area (Å²) >= 11 is 0. The fourth-order valence-electron chi connectivity index (χ4n) is 5.65. The first-order valence-corrected chi connectivity index (χ1v) is 14.6. The number of benzene rings is 3. The first-order chi connectivity index (χ1) is 20.4. The molecule has 0 aliphatic carbocycles. The molecule has 8 nitrogen and oxygen atoms in total. The van der Waals surface area contributed by atoms with Gasteiger partial charge in [0.2, 0.25) is 0 Å². The van der Waals surface area contributed by atoms with Crippen molar-refractivity contribution in [1.82, 2.24) is 10.2 Å². The summed E-state index contributed by atoms with van der Waals surface area (Å²) < 4.78 is 18.3. The van der Waals surface area contributed by atoms with Crippen LogP contribution in [0.3, 0.4) is 0 Å². The van der Waals surface area contributed by atoms with Crippen LogP contribution in [0.25, 0.3) is 11.1 Å². The van der Waals surface area contributed by atoms with E-state index in [-0.39, 0.29) is 37.4 Å². The van der Waals surface area contributed by atoms with Crippen molar-refractivity contribution in [3.05, 3.63) is 108 Å². The summed E-state index contributed by atoms with van der Waals surface area (Å²) in [6.45, 7) is 8.43. The van der Waals surface area contributed by atoms with E-state index in [1.807, 2.05) is 66.7 Å². The maximum Gasteiger partial charge on any atom is 0.407 e. The van der Waals surface area contributed by atoms with Gasteiger partial charge in [0, 0.05) is 37.7 Å². The highest BCUT2D eigenvalue weighted by Gasteiger charge is 2.40. The van der Waals surface area contributed by atoms with Crippen molar-refractivity contribution in [3.8, 4) is 11.1 Å². The zero-order valence-corrected chi connectivity index (χ0v) is 24.0. The van der Waals surface area contributed by atoms with E-state index in [1.165, 1.54) is 6.08 Å². The fraction of sp³-hybridized carbons (Fsp3) is 0.382. The number of rotatable bonds is 10. The minimum Gasteiger partial charge on any atom is -0.445 e. The highest BCUT2D eigenvalue weighted by molar-refractivity contribution is 5.68. The molecule has 2 saturated heterocycles. The molecular formula is C34H40N2O6. The Hall–Kier alpha value is -3.53. The molecule has 222 valence electrons. The van der Waals surface area contributed by atoms with Gasteiger partial charge in [-0.15, -0.1) is 0 Å². The van der Waals surface area contributed by atoms with Gasteiger partial charge in [-0.05, 0) is 46.4 Å². The molecule has 2 fully saturated rings. The number of carbonyl (C=O) groups is 1. The number of aliphatic hydroxyl groups excluding tert-OH is 2. The van der Waals surface area contributed by atoms with E-state index in [0.717, 1.165) is 46.3 Å². The molecule has 2 aliphatic rings. The van der Waals surface area contributed by atoms with E-state index in [0.29, 0.717) is 19.6 Å². The number of hydrogen-bond donors (Lipinski definition) is 3. The Balaban J connectivity index is 1.36. The van der Waals surface area contributed by atoms with Gasteiger partial charge in [-0.1, -0.05) is 80.2 Å². The Labute approximate surface area is 247 Å². The number of amides is 1. The molecule has 8 heteroatoms. The summed E-state index contributed by atoms with van der Waals surface area (Å²) in [4.78, 5) is 14.1. The number of aliphatic hydroxyl groups is 2. The van der Waals surface area contributed by atoms with Crippen molar-refractivity contribution in [1.29, 1.82) is 0 Å². The molecule has 2 aliphatic heterocycles. The van der Waals surface area contributed by atoms with E-state index in [2.05, 4.69) is 29.8 Å². The second kappa shape index (κ2) is 14.1. The van der Waals surface area contributed by atoms with Crippen LogP contribution in [0.4, 0.5) is 4.79 Å². The second-order valence-electron chi connectivity index (χ2n) is 11.1. The van der Waals surface area contributed by atoms with Crippen LogP contribution in [0.5, 0.6) is 0 Å². The van der Waals surface area contributed by atoms with Crippen molar-refractivity contribution < 1.29 is 29.2 Å². The number of ether oxygens (including phenoxy) is 3. The smallest absolute Gasteiger partial charge is 0.407 e. The monoisotopic (exact) mass is 572 g/mol. The van der Waals surface area contributed by atoms with Gasteiger partial charge < -0.3 is 29.7 Å².